The molecule has 0 radical (unpaired) electrons. The van der Waals surface area contributed by atoms with E-state index < -0.39 is 6.09 Å². The van der Waals surface area contributed by atoms with E-state index in [9.17, 15) is 4.79 Å². The molecule has 5 aromatic rings. The van der Waals surface area contributed by atoms with Gasteiger partial charge in [0.1, 0.15) is 17.0 Å². The summed E-state index contributed by atoms with van der Waals surface area (Å²) in [6.07, 6.45) is 4.98. The number of rotatable bonds is 3. The van der Waals surface area contributed by atoms with Gasteiger partial charge in [0.15, 0.2) is 0 Å². The summed E-state index contributed by atoms with van der Waals surface area (Å²) in [6, 6.07) is 11.5. The summed E-state index contributed by atoms with van der Waals surface area (Å²) < 4.78 is 13.7. The van der Waals surface area contributed by atoms with Crippen LogP contribution in [0.1, 0.15) is 6.92 Å². The number of fused-ring (bicyclic) bond motifs is 2. The SMILES string of the molecule is CCOC(=O)n1cc(-c2nonc2-c2cn(C)c3ncccc23)c2ccccc21. The molecule has 5 rings (SSSR count). The van der Waals surface area contributed by atoms with E-state index in [0.717, 1.165) is 33.1 Å². The summed E-state index contributed by atoms with van der Waals surface area (Å²) in [5, 5.41) is 10.1. The van der Waals surface area contributed by atoms with Crippen molar-refractivity contribution in [3.05, 3.63) is 55.0 Å². The van der Waals surface area contributed by atoms with E-state index >= 15 is 0 Å². The fourth-order valence-corrected chi connectivity index (χ4v) is 3.66. The van der Waals surface area contributed by atoms with Gasteiger partial charge >= 0.3 is 6.09 Å². The van der Waals surface area contributed by atoms with Gasteiger partial charge in [0.25, 0.3) is 0 Å². The van der Waals surface area contributed by atoms with E-state index in [1.165, 1.54) is 4.57 Å². The Morgan fingerprint density at radius 1 is 1.03 bits per heavy atom. The van der Waals surface area contributed by atoms with Crippen LogP contribution in [0.25, 0.3) is 44.5 Å². The maximum absolute atomic E-state index is 12.4. The van der Waals surface area contributed by atoms with Crippen LogP contribution < -0.4 is 0 Å². The third-order valence-corrected chi connectivity index (χ3v) is 4.91. The van der Waals surface area contributed by atoms with Gasteiger partial charge < -0.3 is 9.30 Å². The molecule has 0 N–H and O–H groups in total. The molecule has 0 atom stereocenters. The number of aryl methyl sites for hydroxylation is 1. The molecule has 0 spiro atoms. The second-order valence-corrected chi connectivity index (χ2v) is 6.62. The Bertz CT molecular complexity index is 1360. The van der Waals surface area contributed by atoms with Crippen LogP contribution in [0.2, 0.25) is 0 Å². The molecule has 0 bridgehead atoms. The molecule has 0 aliphatic heterocycles. The van der Waals surface area contributed by atoms with Crippen molar-refractivity contribution in [3.63, 3.8) is 0 Å². The lowest BCUT2D eigenvalue weighted by Gasteiger charge is -2.03. The predicted octanol–water partition coefficient (Wildman–Crippen LogP) is 4.25. The van der Waals surface area contributed by atoms with E-state index in [1.807, 2.05) is 54.2 Å². The number of pyridine rings is 1. The zero-order valence-electron chi connectivity index (χ0n) is 15.9. The Labute approximate surface area is 165 Å². The van der Waals surface area contributed by atoms with Gasteiger partial charge in [-0.2, -0.15) is 0 Å². The number of benzene rings is 1. The minimum atomic E-state index is -0.442. The van der Waals surface area contributed by atoms with Gasteiger partial charge in [0, 0.05) is 47.5 Å². The Morgan fingerprint density at radius 2 is 1.76 bits per heavy atom. The molecule has 4 aromatic heterocycles. The van der Waals surface area contributed by atoms with Gasteiger partial charge in [-0.25, -0.2) is 14.4 Å². The van der Waals surface area contributed by atoms with E-state index in [2.05, 4.69) is 15.3 Å². The lowest BCUT2D eigenvalue weighted by molar-refractivity contribution is 0.155. The monoisotopic (exact) mass is 387 g/mol. The summed E-state index contributed by atoms with van der Waals surface area (Å²) in [6.45, 7) is 2.07. The fraction of sp³-hybridized carbons (Fsp3) is 0.143. The largest absolute Gasteiger partial charge is 0.449 e. The van der Waals surface area contributed by atoms with Crippen molar-refractivity contribution in [2.24, 2.45) is 7.05 Å². The predicted molar refractivity (Wildman–Crippen MR) is 107 cm³/mol. The van der Waals surface area contributed by atoms with Crippen molar-refractivity contribution in [1.82, 2.24) is 24.4 Å². The van der Waals surface area contributed by atoms with Crippen LogP contribution in [0.15, 0.2) is 59.6 Å². The van der Waals surface area contributed by atoms with Gasteiger partial charge in [-0.05, 0) is 35.4 Å². The highest BCUT2D eigenvalue weighted by Gasteiger charge is 2.23. The third kappa shape index (κ3) is 2.60. The molecule has 0 saturated carbocycles. The van der Waals surface area contributed by atoms with Crippen molar-refractivity contribution in [2.45, 2.75) is 6.92 Å². The standard InChI is InChI=1S/C21H17N5O3/c1-3-28-21(27)26-12-16(13-7-4-5-9-17(13)26)19-18(23-29-24-19)15-11-25(2)20-14(15)8-6-10-22-20/h4-12H,3H2,1-2H3. The van der Waals surface area contributed by atoms with Gasteiger partial charge in [-0.3, -0.25) is 4.57 Å². The number of carbonyl (C=O) groups excluding carboxylic acids is 1. The van der Waals surface area contributed by atoms with E-state index in [4.69, 9.17) is 9.37 Å². The van der Waals surface area contributed by atoms with E-state index in [0.29, 0.717) is 18.0 Å². The van der Waals surface area contributed by atoms with Crippen LogP contribution in [0.3, 0.4) is 0 Å². The van der Waals surface area contributed by atoms with Gasteiger partial charge in [-0.1, -0.05) is 18.2 Å². The zero-order chi connectivity index (χ0) is 20.0. The van der Waals surface area contributed by atoms with Gasteiger partial charge in [0.05, 0.1) is 12.1 Å². The number of nitrogens with zero attached hydrogens (tertiary/aromatic N) is 5. The number of carbonyl (C=O) groups is 1. The topological polar surface area (TPSA) is 88.0 Å². The van der Waals surface area contributed by atoms with Crippen LogP contribution in [0, 0.1) is 0 Å². The van der Waals surface area contributed by atoms with Gasteiger partial charge in [-0.15, -0.1) is 0 Å². The Hall–Kier alpha value is -3.94. The summed E-state index contributed by atoms with van der Waals surface area (Å²) in [7, 11) is 1.93. The Balaban J connectivity index is 1.74. The first kappa shape index (κ1) is 17.2. The second-order valence-electron chi connectivity index (χ2n) is 6.62. The summed E-state index contributed by atoms with van der Waals surface area (Å²) in [5.41, 5.74) is 4.32. The smallest absolute Gasteiger partial charge is 0.418 e. The highest BCUT2D eigenvalue weighted by molar-refractivity contribution is 6.04. The number of hydrogen-bond acceptors (Lipinski definition) is 6. The highest BCUT2D eigenvalue weighted by atomic mass is 16.6. The molecule has 0 amide bonds. The minimum Gasteiger partial charge on any atom is -0.449 e. The van der Waals surface area contributed by atoms with Crippen LogP contribution in [-0.2, 0) is 11.8 Å². The normalized spacial score (nSPS) is 11.4. The fourth-order valence-electron chi connectivity index (χ4n) is 3.66. The molecular weight excluding hydrogens is 370 g/mol. The molecule has 0 fully saturated rings. The highest BCUT2D eigenvalue weighted by Crippen LogP contribution is 2.37. The Kier molecular flexibility index (Phi) is 3.90. The van der Waals surface area contributed by atoms with Crippen molar-refractivity contribution in [1.29, 1.82) is 0 Å². The molecule has 8 heteroatoms. The average molecular weight is 387 g/mol. The summed E-state index contributed by atoms with van der Waals surface area (Å²) in [4.78, 5) is 16.9. The van der Waals surface area contributed by atoms with E-state index in [1.54, 1.807) is 19.3 Å². The molecule has 1 aromatic carbocycles. The molecule has 0 aliphatic rings. The summed E-state index contributed by atoms with van der Waals surface area (Å²) >= 11 is 0. The molecule has 8 nitrogen and oxygen atoms in total. The first-order valence-corrected chi connectivity index (χ1v) is 9.19. The quantitative estimate of drug-likeness (QED) is 0.460. The maximum Gasteiger partial charge on any atom is 0.418 e. The number of para-hydroxylation sites is 1. The summed E-state index contributed by atoms with van der Waals surface area (Å²) in [5.74, 6) is 0. The second kappa shape index (κ2) is 6.59. The first-order valence-electron chi connectivity index (χ1n) is 9.19. The Morgan fingerprint density at radius 3 is 2.55 bits per heavy atom. The molecule has 0 saturated heterocycles. The molecule has 144 valence electrons. The molecule has 29 heavy (non-hydrogen) atoms. The minimum absolute atomic E-state index is 0.292. The van der Waals surface area contributed by atoms with Crippen LogP contribution >= 0.6 is 0 Å². The van der Waals surface area contributed by atoms with Crippen molar-refractivity contribution < 1.29 is 14.2 Å². The lowest BCUT2D eigenvalue weighted by atomic mass is 10.0. The molecule has 0 unspecified atom stereocenters. The maximum atomic E-state index is 12.4. The van der Waals surface area contributed by atoms with Crippen molar-refractivity contribution in [2.75, 3.05) is 6.61 Å². The first-order chi connectivity index (χ1) is 14.2. The van der Waals surface area contributed by atoms with E-state index in [-0.39, 0.29) is 0 Å². The third-order valence-electron chi connectivity index (χ3n) is 4.91. The zero-order valence-corrected chi connectivity index (χ0v) is 15.9. The van der Waals surface area contributed by atoms with Crippen molar-refractivity contribution >= 4 is 28.0 Å². The lowest BCUT2D eigenvalue weighted by Crippen LogP contribution is -2.11. The number of ether oxygens (including phenoxy) is 1. The molecule has 4 heterocycles. The molecular formula is C21H17N5O3. The van der Waals surface area contributed by atoms with Crippen LogP contribution in [-0.4, -0.2) is 37.1 Å². The van der Waals surface area contributed by atoms with Crippen LogP contribution in [0.4, 0.5) is 4.79 Å². The number of aromatic nitrogens is 5. The number of hydrogen-bond donors (Lipinski definition) is 0. The van der Waals surface area contributed by atoms with Gasteiger partial charge in [0.2, 0.25) is 0 Å². The average Bonchev–Trinajstić information content (AvgIpc) is 3.44. The molecule has 0 aliphatic carbocycles. The van der Waals surface area contributed by atoms with Crippen LogP contribution in [0.5, 0.6) is 0 Å². The van der Waals surface area contributed by atoms with Crippen molar-refractivity contribution in [3.8, 4) is 22.5 Å².